The minimum Gasteiger partial charge on any atom is -0.383 e. The van der Waals surface area contributed by atoms with Crippen LogP contribution in [0.4, 0.5) is 5.82 Å². The molecule has 2 aromatic rings. The maximum Gasteiger partial charge on any atom is 0.255 e. The molecule has 0 atom stereocenters. The monoisotopic (exact) mass is 306 g/mol. The molecule has 0 radical (unpaired) electrons. The number of anilines is 1. The number of amides is 1. The zero-order valence-electron chi connectivity index (χ0n) is 9.43. The maximum atomic E-state index is 11.9. The van der Waals surface area contributed by atoms with Crippen LogP contribution < -0.4 is 11.1 Å². The van der Waals surface area contributed by atoms with Gasteiger partial charge in [0, 0.05) is 16.9 Å². The third kappa shape index (κ3) is 3.04. The minimum atomic E-state index is -0.271. The number of nitrogens with zero attached hydrogens (tertiary/aromatic N) is 2. The van der Waals surface area contributed by atoms with E-state index in [1.807, 2.05) is 18.2 Å². The van der Waals surface area contributed by atoms with Gasteiger partial charge in [-0.2, -0.15) is 0 Å². The lowest BCUT2D eigenvalue weighted by molar-refractivity contribution is 0.0951. The van der Waals surface area contributed by atoms with Gasteiger partial charge in [0.15, 0.2) is 0 Å². The topological polar surface area (TPSA) is 80.9 Å². The van der Waals surface area contributed by atoms with Crippen molar-refractivity contribution in [2.45, 2.75) is 6.54 Å². The number of halogens is 1. The summed E-state index contributed by atoms with van der Waals surface area (Å²) in [6.07, 6.45) is 3.22. The summed E-state index contributed by atoms with van der Waals surface area (Å²) in [7, 11) is 0. The quantitative estimate of drug-likeness (QED) is 0.905. The molecule has 2 heterocycles. The highest BCUT2D eigenvalue weighted by Crippen LogP contribution is 2.15. The van der Waals surface area contributed by atoms with Crippen molar-refractivity contribution in [1.82, 2.24) is 15.3 Å². The summed E-state index contributed by atoms with van der Waals surface area (Å²) in [4.78, 5) is 19.9. The van der Waals surface area contributed by atoms with Gasteiger partial charge >= 0.3 is 0 Å². The summed E-state index contributed by atoms with van der Waals surface area (Å²) >= 11 is 3.25. The van der Waals surface area contributed by atoms with Gasteiger partial charge in [-0.1, -0.05) is 6.07 Å². The molecule has 0 aliphatic heterocycles. The number of nitrogen functional groups attached to an aromatic ring is 1. The van der Waals surface area contributed by atoms with Crippen LogP contribution in [-0.4, -0.2) is 15.9 Å². The van der Waals surface area contributed by atoms with Crippen LogP contribution in [0.1, 0.15) is 16.1 Å². The molecule has 0 bridgehead atoms. The zero-order valence-corrected chi connectivity index (χ0v) is 11.0. The first kappa shape index (κ1) is 12.5. The Morgan fingerprint density at radius 3 is 2.94 bits per heavy atom. The van der Waals surface area contributed by atoms with Gasteiger partial charge in [-0.05, 0) is 34.1 Å². The van der Waals surface area contributed by atoms with Crippen molar-refractivity contribution in [2.24, 2.45) is 0 Å². The Hall–Kier alpha value is -1.95. The van der Waals surface area contributed by atoms with Gasteiger partial charge in [0.25, 0.3) is 5.91 Å². The van der Waals surface area contributed by atoms with Crippen LogP contribution in [0, 0.1) is 0 Å². The Bertz CT molecular complexity index is 559. The van der Waals surface area contributed by atoms with Gasteiger partial charge in [0.05, 0.1) is 17.8 Å². The summed E-state index contributed by atoms with van der Waals surface area (Å²) in [5, 5.41) is 2.74. The van der Waals surface area contributed by atoms with E-state index in [2.05, 4.69) is 31.2 Å². The zero-order chi connectivity index (χ0) is 13.0. The van der Waals surface area contributed by atoms with Gasteiger partial charge in [0.1, 0.15) is 5.82 Å². The highest BCUT2D eigenvalue weighted by Gasteiger charge is 2.11. The van der Waals surface area contributed by atoms with E-state index in [9.17, 15) is 4.79 Å². The molecule has 0 saturated carbocycles. The van der Waals surface area contributed by atoms with Crippen molar-refractivity contribution in [3.05, 3.63) is 52.4 Å². The van der Waals surface area contributed by atoms with Crippen LogP contribution in [0.5, 0.6) is 0 Å². The maximum absolute atomic E-state index is 11.9. The summed E-state index contributed by atoms with van der Waals surface area (Å²) in [5.41, 5.74) is 6.78. The van der Waals surface area contributed by atoms with E-state index in [0.717, 1.165) is 5.69 Å². The molecular formula is C12H11BrN4O. The predicted octanol–water partition coefficient (Wildman–Crippen LogP) is 1.75. The average Bonchev–Trinajstić information content (AvgIpc) is 2.40. The van der Waals surface area contributed by atoms with Crippen molar-refractivity contribution in [2.75, 3.05) is 5.73 Å². The van der Waals surface area contributed by atoms with E-state index in [1.54, 1.807) is 18.5 Å². The molecule has 0 aliphatic rings. The molecule has 18 heavy (non-hydrogen) atoms. The largest absolute Gasteiger partial charge is 0.383 e. The van der Waals surface area contributed by atoms with Crippen LogP contribution in [0.3, 0.4) is 0 Å². The molecular weight excluding hydrogens is 296 g/mol. The number of pyridine rings is 2. The number of carbonyl (C=O) groups is 1. The Labute approximate surface area is 113 Å². The Balaban J connectivity index is 2.06. The van der Waals surface area contributed by atoms with E-state index in [-0.39, 0.29) is 11.7 Å². The molecule has 92 valence electrons. The fourth-order valence-corrected chi connectivity index (χ4v) is 1.73. The highest BCUT2D eigenvalue weighted by atomic mass is 79.9. The molecule has 0 saturated heterocycles. The van der Waals surface area contributed by atoms with E-state index in [0.29, 0.717) is 16.6 Å². The number of aromatic nitrogens is 2. The van der Waals surface area contributed by atoms with Crippen molar-refractivity contribution in [1.29, 1.82) is 0 Å². The first-order valence-corrected chi connectivity index (χ1v) is 6.05. The van der Waals surface area contributed by atoms with Crippen LogP contribution in [0.15, 0.2) is 41.1 Å². The number of carbonyl (C=O) groups excluding carboxylic acids is 1. The number of nitrogens with one attached hydrogen (secondary N) is 1. The van der Waals surface area contributed by atoms with Crippen molar-refractivity contribution >= 4 is 27.7 Å². The van der Waals surface area contributed by atoms with E-state index in [1.165, 1.54) is 0 Å². The molecule has 0 unspecified atom stereocenters. The van der Waals surface area contributed by atoms with Gasteiger partial charge in [0.2, 0.25) is 0 Å². The Morgan fingerprint density at radius 1 is 1.39 bits per heavy atom. The Kier molecular flexibility index (Phi) is 3.88. The molecule has 2 aromatic heterocycles. The van der Waals surface area contributed by atoms with Gasteiger partial charge in [-0.15, -0.1) is 0 Å². The molecule has 3 N–H and O–H groups in total. The van der Waals surface area contributed by atoms with Crippen LogP contribution in [-0.2, 0) is 6.54 Å². The lowest BCUT2D eigenvalue weighted by atomic mass is 10.2. The van der Waals surface area contributed by atoms with Gasteiger partial charge < -0.3 is 11.1 Å². The third-order valence-electron chi connectivity index (χ3n) is 2.29. The van der Waals surface area contributed by atoms with E-state index < -0.39 is 0 Å². The summed E-state index contributed by atoms with van der Waals surface area (Å²) in [5.74, 6) is -0.0660. The molecule has 0 aromatic carbocycles. The van der Waals surface area contributed by atoms with Gasteiger partial charge in [-0.3, -0.25) is 9.78 Å². The second-order valence-electron chi connectivity index (χ2n) is 3.59. The molecule has 0 spiro atoms. The lowest BCUT2D eigenvalue weighted by Gasteiger charge is -2.06. The van der Waals surface area contributed by atoms with E-state index >= 15 is 0 Å². The first-order valence-electron chi connectivity index (χ1n) is 5.26. The normalized spacial score (nSPS) is 10.1. The molecule has 0 fully saturated rings. The average molecular weight is 307 g/mol. The van der Waals surface area contributed by atoms with Gasteiger partial charge in [-0.25, -0.2) is 4.98 Å². The van der Waals surface area contributed by atoms with Crippen LogP contribution in [0.2, 0.25) is 0 Å². The summed E-state index contributed by atoms with van der Waals surface area (Å²) in [6, 6.07) is 7.16. The molecule has 0 aliphatic carbocycles. The van der Waals surface area contributed by atoms with Crippen LogP contribution >= 0.6 is 15.9 Å². The molecule has 2 rings (SSSR count). The fourth-order valence-electron chi connectivity index (χ4n) is 1.40. The summed E-state index contributed by atoms with van der Waals surface area (Å²) < 4.78 is 0.708. The SMILES string of the molecule is Nc1ncc(Br)cc1C(=O)NCc1ccccn1. The number of hydrogen-bond acceptors (Lipinski definition) is 4. The number of rotatable bonds is 3. The van der Waals surface area contributed by atoms with Crippen LogP contribution in [0.25, 0.3) is 0 Å². The molecule has 5 nitrogen and oxygen atoms in total. The van der Waals surface area contributed by atoms with E-state index in [4.69, 9.17) is 5.73 Å². The van der Waals surface area contributed by atoms with Crippen molar-refractivity contribution in [3.8, 4) is 0 Å². The highest BCUT2D eigenvalue weighted by molar-refractivity contribution is 9.10. The smallest absolute Gasteiger partial charge is 0.255 e. The minimum absolute atomic E-state index is 0.205. The van der Waals surface area contributed by atoms with Crippen molar-refractivity contribution < 1.29 is 4.79 Å². The second-order valence-corrected chi connectivity index (χ2v) is 4.51. The lowest BCUT2D eigenvalue weighted by Crippen LogP contribution is -2.24. The second kappa shape index (κ2) is 5.59. The molecule has 1 amide bonds. The van der Waals surface area contributed by atoms with Crippen molar-refractivity contribution in [3.63, 3.8) is 0 Å². The first-order chi connectivity index (χ1) is 8.66. The molecule has 6 heteroatoms. The standard InChI is InChI=1S/C12H11BrN4O/c13-8-5-10(11(14)16-6-8)12(18)17-7-9-3-1-2-4-15-9/h1-6H,7H2,(H2,14,16)(H,17,18). The fraction of sp³-hybridized carbons (Fsp3) is 0.0833. The third-order valence-corrected chi connectivity index (χ3v) is 2.72. The summed E-state index contributed by atoms with van der Waals surface area (Å²) in [6.45, 7) is 0.353. The predicted molar refractivity (Wildman–Crippen MR) is 71.8 cm³/mol. The number of hydrogen-bond donors (Lipinski definition) is 2. The number of nitrogens with two attached hydrogens (primary N) is 1. The Morgan fingerprint density at radius 2 is 2.22 bits per heavy atom.